The second-order valence-electron chi connectivity index (χ2n) is 3.89. The number of rotatable bonds is 4. The van der Waals surface area contributed by atoms with Gasteiger partial charge < -0.3 is 15.7 Å². The lowest BCUT2D eigenvalue weighted by Crippen LogP contribution is -2.71. The molecule has 0 aliphatic carbocycles. The largest absolute Gasteiger partial charge is 0.477 e. The molecule has 2 rings (SSSR count). The monoisotopic (exact) mass is 305 g/mol. The van der Waals surface area contributed by atoms with Crippen molar-refractivity contribution in [2.75, 3.05) is 18.2 Å². The smallest absolute Gasteiger partial charge is 0.352 e. The number of carboxylic acid groups (broad SMARTS) is 1. The lowest BCUT2D eigenvalue weighted by Gasteiger charge is -2.48. The molecular formula is C10H12ClN3O4S. The minimum absolute atomic E-state index is 0.0204. The Balaban J connectivity index is 1.97. The summed E-state index contributed by atoms with van der Waals surface area (Å²) in [5.74, 6) is -0.768. The van der Waals surface area contributed by atoms with Crippen LogP contribution in [0.25, 0.3) is 0 Å². The quantitative estimate of drug-likeness (QED) is 0.492. The Labute approximate surface area is 118 Å². The molecule has 0 saturated carbocycles. The van der Waals surface area contributed by atoms with Gasteiger partial charge in [0.05, 0.1) is 0 Å². The molecule has 0 aromatic rings. The number of thioether (sulfide) groups is 1. The number of nitrogens with one attached hydrogen (secondary N) is 2. The molecule has 0 unspecified atom stereocenters. The standard InChI is InChI=1S/C10H12ClN3O4S/c11-2-3-12-10(18)13-6-7(15)14-5(9(16)17)1-4-19-8(6)14/h1,6,8H,2-4H2,(H,16,17)(H2,12,13,18)/t6-,8+/m1/s1. The lowest BCUT2D eigenvalue weighted by molar-refractivity contribution is -0.148. The summed E-state index contributed by atoms with van der Waals surface area (Å²) in [7, 11) is 0. The van der Waals surface area contributed by atoms with Crippen LogP contribution < -0.4 is 10.6 Å². The van der Waals surface area contributed by atoms with Gasteiger partial charge in [0.2, 0.25) is 0 Å². The van der Waals surface area contributed by atoms with Crippen molar-refractivity contribution in [3.05, 3.63) is 11.8 Å². The number of aliphatic carboxylic acids is 1. The van der Waals surface area contributed by atoms with Gasteiger partial charge >= 0.3 is 12.0 Å². The van der Waals surface area contributed by atoms with Gasteiger partial charge in [0.1, 0.15) is 17.1 Å². The molecule has 0 aromatic carbocycles. The van der Waals surface area contributed by atoms with Gasteiger partial charge in [-0.3, -0.25) is 9.69 Å². The Kier molecular flexibility index (Phi) is 4.20. The molecule has 9 heteroatoms. The highest BCUT2D eigenvalue weighted by molar-refractivity contribution is 8.00. The predicted molar refractivity (Wildman–Crippen MR) is 69.9 cm³/mol. The zero-order valence-corrected chi connectivity index (χ0v) is 11.3. The zero-order chi connectivity index (χ0) is 14.0. The van der Waals surface area contributed by atoms with Gasteiger partial charge in [-0.05, 0) is 6.08 Å². The number of amides is 3. The number of halogens is 1. The number of carboxylic acids is 1. The van der Waals surface area contributed by atoms with E-state index in [0.29, 0.717) is 12.3 Å². The summed E-state index contributed by atoms with van der Waals surface area (Å²) < 4.78 is 0. The van der Waals surface area contributed by atoms with E-state index in [0.717, 1.165) is 0 Å². The van der Waals surface area contributed by atoms with E-state index in [4.69, 9.17) is 16.7 Å². The van der Waals surface area contributed by atoms with Crippen molar-refractivity contribution in [1.82, 2.24) is 15.5 Å². The van der Waals surface area contributed by atoms with Crippen molar-refractivity contribution in [3.63, 3.8) is 0 Å². The molecule has 0 aromatic heterocycles. The fourth-order valence-electron chi connectivity index (χ4n) is 1.89. The summed E-state index contributed by atoms with van der Waals surface area (Å²) in [4.78, 5) is 35.5. The van der Waals surface area contributed by atoms with Crippen LogP contribution in [0.2, 0.25) is 0 Å². The molecule has 2 heterocycles. The molecule has 2 atom stereocenters. The molecule has 2 aliphatic rings. The molecule has 19 heavy (non-hydrogen) atoms. The lowest BCUT2D eigenvalue weighted by atomic mass is 10.1. The van der Waals surface area contributed by atoms with E-state index in [9.17, 15) is 14.4 Å². The molecule has 1 fully saturated rings. The van der Waals surface area contributed by atoms with Gasteiger partial charge in [-0.25, -0.2) is 9.59 Å². The molecule has 0 spiro atoms. The van der Waals surface area contributed by atoms with Crippen LogP contribution in [0, 0.1) is 0 Å². The number of nitrogens with zero attached hydrogens (tertiary/aromatic N) is 1. The highest BCUT2D eigenvalue weighted by atomic mass is 35.5. The Bertz CT molecular complexity index is 456. The minimum atomic E-state index is -1.14. The third kappa shape index (κ3) is 2.64. The SMILES string of the molecule is O=C(NCCCl)N[C@@H]1C(=O)N2C(C(=O)O)=CCS[C@@H]12. The molecule has 3 amide bonds. The van der Waals surface area contributed by atoms with Crippen molar-refractivity contribution in [2.45, 2.75) is 11.4 Å². The van der Waals surface area contributed by atoms with Crippen LogP contribution in [-0.4, -0.2) is 57.5 Å². The first kappa shape index (κ1) is 14.0. The van der Waals surface area contributed by atoms with E-state index < -0.39 is 23.9 Å². The number of carbonyl (C=O) groups excluding carboxylic acids is 2. The minimum Gasteiger partial charge on any atom is -0.477 e. The number of β-lactam (4-membered cyclic amide) rings is 1. The summed E-state index contributed by atoms with van der Waals surface area (Å²) in [5, 5.41) is 13.6. The zero-order valence-electron chi connectivity index (χ0n) is 9.76. The molecule has 104 valence electrons. The second-order valence-corrected chi connectivity index (χ2v) is 5.42. The highest BCUT2D eigenvalue weighted by Gasteiger charge is 2.52. The summed E-state index contributed by atoms with van der Waals surface area (Å²) in [6, 6.07) is -1.17. The average molecular weight is 306 g/mol. The Morgan fingerprint density at radius 2 is 2.32 bits per heavy atom. The number of fused-ring (bicyclic) bond motifs is 1. The van der Waals surface area contributed by atoms with Gasteiger partial charge in [0.15, 0.2) is 0 Å². The molecule has 0 radical (unpaired) electrons. The van der Waals surface area contributed by atoms with Crippen LogP contribution >= 0.6 is 23.4 Å². The van der Waals surface area contributed by atoms with Crippen LogP contribution in [0.3, 0.4) is 0 Å². The third-order valence-electron chi connectivity index (χ3n) is 2.73. The first-order valence-corrected chi connectivity index (χ1v) is 7.13. The second kappa shape index (κ2) is 5.70. The van der Waals surface area contributed by atoms with Crippen LogP contribution in [-0.2, 0) is 9.59 Å². The topological polar surface area (TPSA) is 98.7 Å². The average Bonchev–Trinajstić information content (AvgIpc) is 2.41. The number of hydrogen-bond donors (Lipinski definition) is 3. The molecule has 3 N–H and O–H groups in total. The number of hydrogen-bond acceptors (Lipinski definition) is 4. The summed E-state index contributed by atoms with van der Waals surface area (Å²) >= 11 is 6.84. The van der Waals surface area contributed by atoms with Gasteiger partial charge in [0, 0.05) is 18.2 Å². The van der Waals surface area contributed by atoms with Crippen LogP contribution in [0.15, 0.2) is 11.8 Å². The molecule has 1 saturated heterocycles. The predicted octanol–water partition coefficient (Wildman–Crippen LogP) is -0.223. The van der Waals surface area contributed by atoms with E-state index >= 15 is 0 Å². The van der Waals surface area contributed by atoms with E-state index in [-0.39, 0.29) is 17.0 Å². The molecular weight excluding hydrogens is 294 g/mol. The maximum Gasteiger partial charge on any atom is 0.352 e. The van der Waals surface area contributed by atoms with E-state index in [1.54, 1.807) is 0 Å². The first-order chi connectivity index (χ1) is 9.06. The Hall–Kier alpha value is -1.41. The Morgan fingerprint density at radius 3 is 2.95 bits per heavy atom. The maximum atomic E-state index is 11.9. The fourth-order valence-corrected chi connectivity index (χ4v) is 3.18. The van der Waals surface area contributed by atoms with Crippen LogP contribution in [0.1, 0.15) is 0 Å². The van der Waals surface area contributed by atoms with Gasteiger partial charge in [-0.1, -0.05) is 0 Å². The first-order valence-electron chi connectivity index (χ1n) is 5.54. The summed E-state index contributed by atoms with van der Waals surface area (Å²) in [5.41, 5.74) is -0.0204. The summed E-state index contributed by atoms with van der Waals surface area (Å²) in [6.07, 6.45) is 1.49. The fraction of sp³-hybridized carbons (Fsp3) is 0.500. The van der Waals surface area contributed by atoms with Crippen molar-refractivity contribution in [1.29, 1.82) is 0 Å². The molecule has 0 bridgehead atoms. The van der Waals surface area contributed by atoms with Crippen LogP contribution in [0.5, 0.6) is 0 Å². The Morgan fingerprint density at radius 1 is 1.58 bits per heavy atom. The van der Waals surface area contributed by atoms with Gasteiger partial charge in [-0.15, -0.1) is 23.4 Å². The number of carbonyl (C=O) groups is 3. The number of alkyl halides is 1. The van der Waals surface area contributed by atoms with Crippen molar-refractivity contribution in [2.24, 2.45) is 0 Å². The third-order valence-corrected chi connectivity index (χ3v) is 4.10. The van der Waals surface area contributed by atoms with Crippen LogP contribution in [0.4, 0.5) is 4.79 Å². The van der Waals surface area contributed by atoms with E-state index in [1.165, 1.54) is 22.7 Å². The molecule has 7 nitrogen and oxygen atoms in total. The normalized spacial score (nSPS) is 25.0. The maximum absolute atomic E-state index is 11.9. The number of urea groups is 1. The van der Waals surface area contributed by atoms with E-state index in [1.807, 2.05) is 0 Å². The molecule has 2 aliphatic heterocycles. The van der Waals surface area contributed by atoms with Crippen molar-refractivity contribution < 1.29 is 19.5 Å². The summed E-state index contributed by atoms with van der Waals surface area (Å²) in [6.45, 7) is 0.302. The van der Waals surface area contributed by atoms with Gasteiger partial charge in [-0.2, -0.15) is 0 Å². The van der Waals surface area contributed by atoms with Crippen molar-refractivity contribution >= 4 is 41.3 Å². The van der Waals surface area contributed by atoms with Gasteiger partial charge in [0.25, 0.3) is 5.91 Å². The van der Waals surface area contributed by atoms with E-state index in [2.05, 4.69) is 10.6 Å². The van der Waals surface area contributed by atoms with Crippen molar-refractivity contribution in [3.8, 4) is 0 Å². The highest BCUT2D eigenvalue weighted by Crippen LogP contribution is 2.37.